The van der Waals surface area contributed by atoms with Crippen molar-refractivity contribution < 1.29 is 0 Å². The van der Waals surface area contributed by atoms with E-state index in [1.807, 2.05) is 13.0 Å². The van der Waals surface area contributed by atoms with Gasteiger partial charge in [0.05, 0.1) is 0 Å². The predicted molar refractivity (Wildman–Crippen MR) is 83.9 cm³/mol. The Morgan fingerprint density at radius 3 is 2.75 bits per heavy atom. The van der Waals surface area contributed by atoms with Crippen LogP contribution in [-0.4, -0.2) is 21.0 Å². The summed E-state index contributed by atoms with van der Waals surface area (Å²) in [6.07, 6.45) is 1.10. The molecule has 1 heterocycles. The Labute approximate surface area is 123 Å². The third kappa shape index (κ3) is 2.77. The molecule has 2 unspecified atom stereocenters. The van der Waals surface area contributed by atoms with Crippen molar-refractivity contribution in [1.29, 1.82) is 0 Å². The standard InChI is InChI=1S/C15H16N4S/c1-9-7-13(14(16)20)19-15(17-9)18-12-8-11(12)10-5-3-2-4-6-10/h2-7,11-12H,8H2,1H3,(H2,16,20)(H,17,18,19). The van der Waals surface area contributed by atoms with Crippen molar-refractivity contribution in [2.75, 3.05) is 5.32 Å². The van der Waals surface area contributed by atoms with E-state index in [2.05, 4.69) is 39.6 Å². The summed E-state index contributed by atoms with van der Waals surface area (Å²) in [6.45, 7) is 1.91. The zero-order valence-electron chi connectivity index (χ0n) is 11.2. The smallest absolute Gasteiger partial charge is 0.223 e. The number of hydrogen-bond donors (Lipinski definition) is 2. The SMILES string of the molecule is Cc1cc(C(N)=S)nc(NC2CC2c2ccccc2)n1. The molecule has 1 aliphatic carbocycles. The second kappa shape index (κ2) is 5.17. The average molecular weight is 284 g/mol. The molecule has 2 atom stereocenters. The van der Waals surface area contributed by atoms with Crippen LogP contribution in [0, 0.1) is 6.92 Å². The molecular weight excluding hydrogens is 268 g/mol. The van der Waals surface area contributed by atoms with E-state index in [-0.39, 0.29) is 0 Å². The second-order valence-corrected chi connectivity index (χ2v) is 5.53. The van der Waals surface area contributed by atoms with Crippen molar-refractivity contribution in [2.24, 2.45) is 5.73 Å². The van der Waals surface area contributed by atoms with Crippen LogP contribution in [0.15, 0.2) is 36.4 Å². The lowest BCUT2D eigenvalue weighted by Gasteiger charge is -2.07. The molecular formula is C15H16N4S. The zero-order valence-corrected chi connectivity index (χ0v) is 12.0. The summed E-state index contributed by atoms with van der Waals surface area (Å²) in [5.74, 6) is 1.14. The van der Waals surface area contributed by atoms with E-state index in [1.54, 1.807) is 6.07 Å². The monoisotopic (exact) mass is 284 g/mol. The van der Waals surface area contributed by atoms with Crippen molar-refractivity contribution in [3.8, 4) is 0 Å². The first-order valence-corrected chi connectivity index (χ1v) is 7.01. The van der Waals surface area contributed by atoms with Gasteiger partial charge in [-0.05, 0) is 25.0 Å². The molecule has 102 valence electrons. The molecule has 0 aliphatic heterocycles. The molecule has 3 N–H and O–H groups in total. The second-order valence-electron chi connectivity index (χ2n) is 5.09. The minimum Gasteiger partial charge on any atom is -0.388 e. The molecule has 1 aliphatic rings. The summed E-state index contributed by atoms with van der Waals surface area (Å²) < 4.78 is 0. The Hall–Kier alpha value is -2.01. The van der Waals surface area contributed by atoms with Crippen molar-refractivity contribution in [1.82, 2.24) is 9.97 Å². The van der Waals surface area contributed by atoms with E-state index < -0.39 is 0 Å². The van der Waals surface area contributed by atoms with Gasteiger partial charge in [0.25, 0.3) is 0 Å². The molecule has 20 heavy (non-hydrogen) atoms. The molecule has 0 bridgehead atoms. The Morgan fingerprint density at radius 2 is 2.05 bits per heavy atom. The minimum absolute atomic E-state index is 0.300. The molecule has 4 nitrogen and oxygen atoms in total. The summed E-state index contributed by atoms with van der Waals surface area (Å²) in [4.78, 5) is 9.04. The number of rotatable bonds is 4. The van der Waals surface area contributed by atoms with Crippen molar-refractivity contribution in [3.63, 3.8) is 0 Å². The van der Waals surface area contributed by atoms with E-state index in [1.165, 1.54) is 5.56 Å². The highest BCUT2D eigenvalue weighted by Crippen LogP contribution is 2.42. The summed E-state index contributed by atoms with van der Waals surface area (Å²) in [6, 6.07) is 12.7. The van der Waals surface area contributed by atoms with Crippen LogP contribution in [0.1, 0.15) is 29.3 Å². The third-order valence-corrected chi connectivity index (χ3v) is 3.65. The summed E-state index contributed by atoms with van der Waals surface area (Å²) in [5.41, 5.74) is 8.46. The first kappa shape index (κ1) is 13.0. The van der Waals surface area contributed by atoms with Crippen LogP contribution in [0.25, 0.3) is 0 Å². The Morgan fingerprint density at radius 1 is 1.30 bits per heavy atom. The van der Waals surface area contributed by atoms with Crippen LogP contribution in [-0.2, 0) is 0 Å². The number of benzene rings is 1. The number of thiocarbonyl (C=S) groups is 1. The molecule has 5 heteroatoms. The molecule has 1 saturated carbocycles. The van der Waals surface area contributed by atoms with Gasteiger partial charge < -0.3 is 11.1 Å². The normalized spacial score (nSPS) is 20.4. The predicted octanol–water partition coefficient (Wildman–Crippen LogP) is 2.39. The Balaban J connectivity index is 1.72. The van der Waals surface area contributed by atoms with Crippen LogP contribution in [0.5, 0.6) is 0 Å². The van der Waals surface area contributed by atoms with Gasteiger partial charge in [-0.2, -0.15) is 0 Å². The van der Waals surface area contributed by atoms with E-state index in [0.717, 1.165) is 12.1 Å². The van der Waals surface area contributed by atoms with E-state index in [0.29, 0.717) is 28.6 Å². The third-order valence-electron chi connectivity index (χ3n) is 3.44. The fourth-order valence-electron chi connectivity index (χ4n) is 2.35. The van der Waals surface area contributed by atoms with E-state index >= 15 is 0 Å². The lowest BCUT2D eigenvalue weighted by molar-refractivity contribution is 0.986. The van der Waals surface area contributed by atoms with Crippen LogP contribution in [0.4, 0.5) is 5.95 Å². The molecule has 0 amide bonds. The molecule has 1 fully saturated rings. The fraction of sp³-hybridized carbons (Fsp3) is 0.267. The zero-order chi connectivity index (χ0) is 14.1. The number of aromatic nitrogens is 2. The van der Waals surface area contributed by atoms with Gasteiger partial charge in [-0.1, -0.05) is 42.5 Å². The van der Waals surface area contributed by atoms with E-state index in [9.17, 15) is 0 Å². The topological polar surface area (TPSA) is 63.8 Å². The number of nitrogens with zero attached hydrogens (tertiary/aromatic N) is 2. The lowest BCUT2D eigenvalue weighted by Crippen LogP contribution is -2.15. The molecule has 1 aromatic carbocycles. The number of aryl methyl sites for hydroxylation is 1. The maximum Gasteiger partial charge on any atom is 0.223 e. The largest absolute Gasteiger partial charge is 0.388 e. The molecule has 0 radical (unpaired) electrons. The molecule has 3 rings (SSSR count). The van der Waals surface area contributed by atoms with Crippen molar-refractivity contribution >= 4 is 23.2 Å². The van der Waals surface area contributed by atoms with Gasteiger partial charge in [0, 0.05) is 17.7 Å². The molecule has 1 aromatic heterocycles. The molecule has 0 spiro atoms. The van der Waals surface area contributed by atoms with Crippen LogP contribution in [0.3, 0.4) is 0 Å². The van der Waals surface area contributed by atoms with Crippen LogP contribution >= 0.6 is 12.2 Å². The van der Waals surface area contributed by atoms with Gasteiger partial charge >= 0.3 is 0 Å². The highest BCUT2D eigenvalue weighted by molar-refractivity contribution is 7.80. The maximum absolute atomic E-state index is 5.63. The number of nitrogens with one attached hydrogen (secondary N) is 1. The maximum atomic E-state index is 5.63. The Bertz CT molecular complexity index is 642. The summed E-state index contributed by atoms with van der Waals surface area (Å²) >= 11 is 4.97. The van der Waals surface area contributed by atoms with Gasteiger partial charge in [0.15, 0.2) is 0 Å². The first-order chi connectivity index (χ1) is 9.63. The molecule has 2 aromatic rings. The van der Waals surface area contributed by atoms with Gasteiger partial charge in [0.1, 0.15) is 10.7 Å². The summed E-state index contributed by atoms with van der Waals surface area (Å²) in [7, 11) is 0. The minimum atomic E-state index is 0.300. The Kier molecular flexibility index (Phi) is 3.36. The number of anilines is 1. The van der Waals surface area contributed by atoms with Crippen molar-refractivity contribution in [3.05, 3.63) is 53.3 Å². The van der Waals surface area contributed by atoms with Gasteiger partial charge in [-0.3, -0.25) is 0 Å². The van der Waals surface area contributed by atoms with Gasteiger partial charge in [0.2, 0.25) is 5.95 Å². The quantitative estimate of drug-likeness (QED) is 0.844. The highest BCUT2D eigenvalue weighted by Gasteiger charge is 2.38. The van der Waals surface area contributed by atoms with E-state index in [4.69, 9.17) is 18.0 Å². The van der Waals surface area contributed by atoms with Crippen molar-refractivity contribution in [2.45, 2.75) is 25.3 Å². The van der Waals surface area contributed by atoms with Gasteiger partial charge in [-0.25, -0.2) is 9.97 Å². The first-order valence-electron chi connectivity index (χ1n) is 6.60. The van der Waals surface area contributed by atoms with Crippen LogP contribution < -0.4 is 11.1 Å². The average Bonchev–Trinajstić information content (AvgIpc) is 3.18. The number of hydrogen-bond acceptors (Lipinski definition) is 4. The molecule has 0 saturated heterocycles. The van der Waals surface area contributed by atoms with Gasteiger partial charge in [-0.15, -0.1) is 0 Å². The summed E-state index contributed by atoms with van der Waals surface area (Å²) in [5, 5.41) is 3.36. The highest BCUT2D eigenvalue weighted by atomic mass is 32.1. The fourth-order valence-corrected chi connectivity index (χ4v) is 2.45. The lowest BCUT2D eigenvalue weighted by atomic mass is 10.1. The number of nitrogens with two attached hydrogens (primary N) is 1. The van der Waals surface area contributed by atoms with Crippen LogP contribution in [0.2, 0.25) is 0 Å².